The highest BCUT2D eigenvalue weighted by Crippen LogP contribution is 2.26. The maximum absolute atomic E-state index is 12.8. The van der Waals surface area contributed by atoms with E-state index in [1.165, 1.54) is 17.6 Å². The molecule has 1 saturated heterocycles. The zero-order valence-electron chi connectivity index (χ0n) is 17.4. The number of para-hydroxylation sites is 1. The molecular formula is C22H23N3O6S. The van der Waals surface area contributed by atoms with Crippen LogP contribution in [0, 0.1) is 6.92 Å². The van der Waals surface area contributed by atoms with Gasteiger partial charge >= 0.3 is 0 Å². The molecule has 0 spiro atoms. The molecule has 0 aliphatic carbocycles. The maximum atomic E-state index is 12.8. The summed E-state index contributed by atoms with van der Waals surface area (Å²) < 4.78 is 39.0. The largest absolute Gasteiger partial charge is 0.489 e. The van der Waals surface area contributed by atoms with Crippen molar-refractivity contribution in [1.82, 2.24) is 15.2 Å². The molecule has 2 heterocycles. The van der Waals surface area contributed by atoms with Crippen LogP contribution in [0.4, 0.5) is 0 Å². The van der Waals surface area contributed by atoms with Gasteiger partial charge in [0.15, 0.2) is 0 Å². The third-order valence-electron chi connectivity index (χ3n) is 5.19. The number of hydrogen-bond acceptors (Lipinski definition) is 7. The Morgan fingerprint density at radius 3 is 2.56 bits per heavy atom. The minimum Gasteiger partial charge on any atom is -0.489 e. The Kier molecular flexibility index (Phi) is 6.11. The number of nitrogens with zero attached hydrogens (tertiary/aromatic N) is 1. The highest BCUT2D eigenvalue weighted by molar-refractivity contribution is 7.89. The van der Waals surface area contributed by atoms with Crippen LogP contribution in [-0.2, 0) is 26.2 Å². The smallest absolute Gasteiger partial charge is 0.245 e. The van der Waals surface area contributed by atoms with E-state index in [4.69, 9.17) is 14.7 Å². The van der Waals surface area contributed by atoms with Crippen LogP contribution in [0.25, 0.3) is 10.9 Å². The van der Waals surface area contributed by atoms with Gasteiger partial charge in [-0.15, -0.1) is 0 Å². The van der Waals surface area contributed by atoms with Crippen LogP contribution in [0.15, 0.2) is 59.5 Å². The molecule has 9 nitrogen and oxygen atoms in total. The van der Waals surface area contributed by atoms with Crippen LogP contribution >= 0.6 is 0 Å². The van der Waals surface area contributed by atoms with Gasteiger partial charge in [-0.1, -0.05) is 18.2 Å². The van der Waals surface area contributed by atoms with Gasteiger partial charge in [-0.05, 0) is 43.3 Å². The molecule has 1 aliphatic heterocycles. The molecule has 1 aliphatic rings. The average molecular weight is 458 g/mol. The summed E-state index contributed by atoms with van der Waals surface area (Å²) >= 11 is 0. The number of carbonyl (C=O) groups excluding carboxylic acids is 1. The molecule has 10 heteroatoms. The highest BCUT2D eigenvalue weighted by atomic mass is 32.2. The first-order valence-corrected chi connectivity index (χ1v) is 11.4. The second-order valence-corrected chi connectivity index (χ2v) is 9.47. The van der Waals surface area contributed by atoms with E-state index >= 15 is 0 Å². The number of carbonyl (C=O) groups is 1. The topological polar surface area (TPSA) is 127 Å². The lowest BCUT2D eigenvalue weighted by atomic mass is 9.94. The van der Waals surface area contributed by atoms with Gasteiger partial charge in [0.05, 0.1) is 35.6 Å². The Hall–Kier alpha value is -3.05. The first-order valence-electron chi connectivity index (χ1n) is 9.93. The minimum absolute atomic E-state index is 0.0331. The number of benzene rings is 2. The first-order chi connectivity index (χ1) is 15.3. The normalized spacial score (nSPS) is 15.2. The Balaban J connectivity index is 1.46. The fraction of sp³-hybridized carbons (Fsp3) is 0.273. The van der Waals surface area contributed by atoms with Crippen LogP contribution in [0.5, 0.6) is 5.75 Å². The lowest BCUT2D eigenvalue weighted by Gasteiger charge is -2.40. The summed E-state index contributed by atoms with van der Waals surface area (Å²) in [7, 11) is -3.91. The summed E-state index contributed by atoms with van der Waals surface area (Å²) in [5, 5.41) is 9.74. The number of aromatic nitrogens is 1. The zero-order chi connectivity index (χ0) is 22.8. The van der Waals surface area contributed by atoms with Crippen LogP contribution in [0.3, 0.4) is 0 Å². The second-order valence-electron chi connectivity index (χ2n) is 7.79. The molecule has 0 atom stereocenters. The molecule has 2 aromatic carbocycles. The van der Waals surface area contributed by atoms with Crippen LogP contribution in [-0.4, -0.2) is 43.3 Å². The fourth-order valence-corrected chi connectivity index (χ4v) is 5.00. The van der Waals surface area contributed by atoms with E-state index in [1.54, 1.807) is 12.1 Å². The number of sulfonamides is 1. The molecule has 1 amide bonds. The molecule has 3 N–H and O–H groups in total. The highest BCUT2D eigenvalue weighted by Gasteiger charge is 2.44. The Labute approximate surface area is 185 Å². The third kappa shape index (κ3) is 4.73. The molecule has 1 fully saturated rings. The summed E-state index contributed by atoms with van der Waals surface area (Å²) in [6.45, 7) is 2.32. The molecule has 3 aromatic rings. The Morgan fingerprint density at radius 1 is 1.19 bits per heavy atom. The number of rotatable bonds is 8. The number of ether oxygens (including phenoxy) is 2. The summed E-state index contributed by atoms with van der Waals surface area (Å²) in [5.74, 6) is -0.178. The fourth-order valence-electron chi connectivity index (χ4n) is 3.63. The number of hydroxylamine groups is 1. The third-order valence-corrected chi connectivity index (χ3v) is 6.78. The van der Waals surface area contributed by atoms with Crippen molar-refractivity contribution in [2.24, 2.45) is 0 Å². The molecular weight excluding hydrogens is 434 g/mol. The second kappa shape index (κ2) is 8.83. The van der Waals surface area contributed by atoms with Crippen LogP contribution in [0.2, 0.25) is 0 Å². The Morgan fingerprint density at radius 2 is 1.91 bits per heavy atom. The number of nitrogens with one attached hydrogen (secondary N) is 2. The van der Waals surface area contributed by atoms with Gasteiger partial charge in [0.25, 0.3) is 0 Å². The van der Waals surface area contributed by atoms with Gasteiger partial charge in [0.1, 0.15) is 12.4 Å². The number of fused-ring (bicyclic) bond motifs is 1. The summed E-state index contributed by atoms with van der Waals surface area (Å²) in [6.07, 6.45) is -0.233. The maximum Gasteiger partial charge on any atom is 0.245 e. The van der Waals surface area contributed by atoms with Crippen molar-refractivity contribution in [2.45, 2.75) is 30.4 Å². The molecule has 0 saturated carbocycles. The van der Waals surface area contributed by atoms with Crippen LogP contribution < -0.4 is 14.9 Å². The molecule has 0 radical (unpaired) electrons. The monoisotopic (exact) mass is 457 g/mol. The summed E-state index contributed by atoms with van der Waals surface area (Å²) in [6, 6.07) is 15.8. The van der Waals surface area contributed by atoms with Crippen molar-refractivity contribution in [1.29, 1.82) is 0 Å². The standard InChI is InChI=1S/C22H23N3O6S/c1-15-10-16(19-4-2-3-5-20(19)23-15)12-31-17-6-8-18(9-7-17)32(28,29)25-22(13-30-14-22)11-21(26)24-27/h2-10,25,27H,11-14H2,1H3,(H,24,26). The Bertz CT molecular complexity index is 1240. The van der Waals surface area contributed by atoms with Crippen molar-refractivity contribution >= 4 is 26.8 Å². The van der Waals surface area contributed by atoms with Gasteiger partial charge in [0, 0.05) is 16.6 Å². The van der Waals surface area contributed by atoms with Crippen molar-refractivity contribution in [3.8, 4) is 5.75 Å². The van der Waals surface area contributed by atoms with E-state index < -0.39 is 21.5 Å². The number of amides is 1. The van der Waals surface area contributed by atoms with Gasteiger partial charge < -0.3 is 9.47 Å². The molecule has 168 valence electrons. The van der Waals surface area contributed by atoms with Crippen molar-refractivity contribution in [3.63, 3.8) is 0 Å². The zero-order valence-corrected chi connectivity index (χ0v) is 18.2. The van der Waals surface area contributed by atoms with Gasteiger partial charge in [-0.2, -0.15) is 4.72 Å². The first kappa shape index (κ1) is 22.2. The van der Waals surface area contributed by atoms with Crippen molar-refractivity contribution in [2.75, 3.05) is 13.2 Å². The molecule has 0 unspecified atom stereocenters. The van der Waals surface area contributed by atoms with Crippen molar-refractivity contribution < 1.29 is 27.9 Å². The number of aryl methyl sites for hydroxylation is 1. The summed E-state index contributed by atoms with van der Waals surface area (Å²) in [4.78, 5) is 16.1. The van der Waals surface area contributed by atoms with E-state index in [1.807, 2.05) is 37.3 Å². The van der Waals surface area contributed by atoms with E-state index in [0.29, 0.717) is 12.4 Å². The SMILES string of the molecule is Cc1cc(COc2ccc(S(=O)(=O)NC3(CC(=O)NO)COC3)cc2)c2ccccc2n1. The quantitative estimate of drug-likeness (QED) is 0.349. The lowest BCUT2D eigenvalue weighted by Crippen LogP contribution is -2.63. The van der Waals surface area contributed by atoms with Gasteiger partial charge in [-0.25, -0.2) is 13.9 Å². The minimum atomic E-state index is -3.91. The summed E-state index contributed by atoms with van der Waals surface area (Å²) in [5.41, 5.74) is 3.20. The van der Waals surface area contributed by atoms with Gasteiger partial charge in [0.2, 0.25) is 15.9 Å². The van der Waals surface area contributed by atoms with Gasteiger partial charge in [-0.3, -0.25) is 15.0 Å². The molecule has 1 aromatic heterocycles. The molecule has 4 rings (SSSR count). The average Bonchev–Trinajstić information content (AvgIpc) is 2.75. The van der Waals surface area contributed by atoms with E-state index in [2.05, 4.69) is 9.71 Å². The molecule has 32 heavy (non-hydrogen) atoms. The van der Waals surface area contributed by atoms with E-state index in [-0.39, 0.29) is 24.5 Å². The number of pyridine rings is 1. The predicted octanol–water partition coefficient (Wildman–Crippen LogP) is 2.07. The van der Waals surface area contributed by atoms with E-state index in [9.17, 15) is 13.2 Å². The van der Waals surface area contributed by atoms with Crippen LogP contribution in [0.1, 0.15) is 17.7 Å². The van der Waals surface area contributed by atoms with E-state index in [0.717, 1.165) is 22.2 Å². The lowest BCUT2D eigenvalue weighted by molar-refractivity contribution is -0.137. The molecule has 0 bridgehead atoms. The predicted molar refractivity (Wildman–Crippen MR) is 116 cm³/mol. The van der Waals surface area contributed by atoms with Crippen molar-refractivity contribution in [3.05, 3.63) is 65.9 Å². The number of hydrogen-bond donors (Lipinski definition) is 3.